The second-order valence-corrected chi connectivity index (χ2v) is 8.21. The van der Waals surface area contributed by atoms with Crippen LogP contribution < -0.4 is 15.8 Å². The van der Waals surface area contributed by atoms with E-state index in [9.17, 15) is 18.8 Å². The molecule has 0 aliphatic carbocycles. The number of carbonyl (C=O) groups is 3. The first-order chi connectivity index (χ1) is 15.6. The molecule has 33 heavy (non-hydrogen) atoms. The number of aromatic nitrogens is 1. The predicted octanol–water partition coefficient (Wildman–Crippen LogP) is 4.04. The second kappa shape index (κ2) is 8.01. The molecule has 168 valence electrons. The van der Waals surface area contributed by atoms with Crippen molar-refractivity contribution in [3.05, 3.63) is 77.1 Å². The van der Waals surface area contributed by atoms with Gasteiger partial charge in [0.15, 0.2) is 11.6 Å². The highest BCUT2D eigenvalue weighted by molar-refractivity contribution is 5.97. The maximum absolute atomic E-state index is 14.7. The lowest BCUT2D eigenvalue weighted by atomic mass is 9.69. The van der Waals surface area contributed by atoms with Crippen LogP contribution in [0.25, 0.3) is 11.3 Å². The number of primary amides is 1. The van der Waals surface area contributed by atoms with Crippen molar-refractivity contribution in [2.75, 3.05) is 0 Å². The smallest absolute Gasteiger partial charge is 0.335 e. The fourth-order valence-corrected chi connectivity index (χ4v) is 4.00. The quantitative estimate of drug-likeness (QED) is 0.551. The lowest BCUT2D eigenvalue weighted by Crippen LogP contribution is -2.46. The molecule has 9 heteroatoms. The lowest BCUT2D eigenvalue weighted by molar-refractivity contribution is -0.128. The molecule has 0 saturated carbocycles. The number of ether oxygens (including phenoxy) is 1. The van der Waals surface area contributed by atoms with E-state index in [1.54, 1.807) is 44.2 Å². The maximum atomic E-state index is 14.7. The molecule has 0 radical (unpaired) electrons. The van der Waals surface area contributed by atoms with Crippen molar-refractivity contribution in [2.24, 2.45) is 11.1 Å². The molecule has 4 N–H and O–H groups in total. The van der Waals surface area contributed by atoms with E-state index in [0.29, 0.717) is 22.4 Å². The minimum absolute atomic E-state index is 0.0548. The number of carboxylic acids is 1. The molecule has 1 aliphatic rings. The standard InChI is InChI=1S/C24H20FN3O5/c1-24(2,22(31)28-23(26)32)18-14-4-3-5-16(25)19(14)33-20-15(18)10-11-17(27-20)12-6-8-13(9-7-12)21(29)30/h3-11,18H,1-2H3,(H,29,30)(H3,26,28,31,32). The van der Waals surface area contributed by atoms with E-state index < -0.39 is 35.1 Å². The number of halogens is 1. The molecule has 0 fully saturated rings. The Labute approximate surface area is 188 Å². The highest BCUT2D eigenvalue weighted by atomic mass is 19.1. The van der Waals surface area contributed by atoms with Crippen molar-refractivity contribution in [2.45, 2.75) is 19.8 Å². The number of fused-ring (bicyclic) bond motifs is 2. The number of para-hydroxylation sites is 1. The summed E-state index contributed by atoms with van der Waals surface area (Å²) in [5, 5.41) is 11.2. The third-order valence-corrected chi connectivity index (χ3v) is 5.68. The van der Waals surface area contributed by atoms with Gasteiger partial charge in [0.1, 0.15) is 0 Å². The molecule has 3 aromatic rings. The summed E-state index contributed by atoms with van der Waals surface area (Å²) in [6.45, 7) is 3.25. The van der Waals surface area contributed by atoms with Gasteiger partial charge in [0.2, 0.25) is 11.8 Å². The van der Waals surface area contributed by atoms with E-state index in [4.69, 9.17) is 15.6 Å². The third-order valence-electron chi connectivity index (χ3n) is 5.68. The Bertz CT molecular complexity index is 1290. The topological polar surface area (TPSA) is 132 Å². The monoisotopic (exact) mass is 449 g/mol. The maximum Gasteiger partial charge on any atom is 0.335 e. The Kier molecular flexibility index (Phi) is 5.33. The Morgan fingerprint density at radius 2 is 1.76 bits per heavy atom. The molecule has 4 rings (SSSR count). The molecule has 0 saturated heterocycles. The first kappa shape index (κ1) is 21.9. The molecule has 3 amide bonds. The van der Waals surface area contributed by atoms with Gasteiger partial charge >= 0.3 is 12.0 Å². The number of aromatic carboxylic acids is 1. The van der Waals surface area contributed by atoms with Gasteiger partial charge in [0, 0.05) is 22.6 Å². The van der Waals surface area contributed by atoms with Gasteiger partial charge in [-0.25, -0.2) is 19.0 Å². The van der Waals surface area contributed by atoms with E-state index in [1.807, 2.05) is 0 Å². The summed E-state index contributed by atoms with van der Waals surface area (Å²) in [5.74, 6) is -2.93. The van der Waals surface area contributed by atoms with Crippen LogP contribution in [0.5, 0.6) is 11.6 Å². The highest BCUT2D eigenvalue weighted by Gasteiger charge is 2.45. The van der Waals surface area contributed by atoms with Crippen LogP contribution in [0.3, 0.4) is 0 Å². The first-order valence-electron chi connectivity index (χ1n) is 10.0. The molecular formula is C24H20FN3O5. The number of rotatable bonds is 4. The average Bonchev–Trinajstić information content (AvgIpc) is 2.77. The highest BCUT2D eigenvalue weighted by Crippen LogP contribution is 2.52. The Morgan fingerprint density at radius 1 is 1.06 bits per heavy atom. The van der Waals surface area contributed by atoms with Gasteiger partial charge in [-0.15, -0.1) is 0 Å². The lowest BCUT2D eigenvalue weighted by Gasteiger charge is -2.37. The van der Waals surface area contributed by atoms with Crippen LogP contribution in [0.15, 0.2) is 54.6 Å². The third kappa shape index (κ3) is 3.89. The Hall–Kier alpha value is -4.27. The van der Waals surface area contributed by atoms with Crippen molar-refractivity contribution in [3.63, 3.8) is 0 Å². The fourth-order valence-electron chi connectivity index (χ4n) is 4.00. The number of urea groups is 1. The largest absolute Gasteiger partial charge is 0.478 e. The summed E-state index contributed by atoms with van der Waals surface area (Å²) in [6, 6.07) is 13.0. The molecule has 0 spiro atoms. The van der Waals surface area contributed by atoms with Gasteiger partial charge in [-0.05, 0) is 24.3 Å². The van der Waals surface area contributed by atoms with Gasteiger partial charge in [-0.1, -0.05) is 44.2 Å². The summed E-state index contributed by atoms with van der Waals surface area (Å²) in [6.07, 6.45) is 0. The van der Waals surface area contributed by atoms with E-state index in [1.165, 1.54) is 24.3 Å². The fraction of sp³-hybridized carbons (Fsp3) is 0.167. The zero-order valence-corrected chi connectivity index (χ0v) is 17.8. The minimum atomic E-state index is -1.22. The van der Waals surface area contributed by atoms with Crippen LogP contribution in [0.2, 0.25) is 0 Å². The summed E-state index contributed by atoms with van der Waals surface area (Å²) in [7, 11) is 0. The minimum Gasteiger partial charge on any atom is -0.478 e. The number of carbonyl (C=O) groups excluding carboxylic acids is 2. The van der Waals surface area contributed by atoms with E-state index in [2.05, 4.69) is 10.3 Å². The number of pyridine rings is 1. The van der Waals surface area contributed by atoms with E-state index in [0.717, 1.165) is 0 Å². The van der Waals surface area contributed by atoms with Crippen molar-refractivity contribution in [1.82, 2.24) is 10.3 Å². The number of nitrogens with two attached hydrogens (primary N) is 1. The molecule has 2 heterocycles. The molecule has 1 atom stereocenters. The molecule has 1 unspecified atom stereocenters. The van der Waals surface area contributed by atoms with Crippen LogP contribution in [0.4, 0.5) is 9.18 Å². The number of hydrogen-bond acceptors (Lipinski definition) is 5. The Morgan fingerprint density at radius 3 is 2.39 bits per heavy atom. The first-order valence-corrected chi connectivity index (χ1v) is 10.0. The van der Waals surface area contributed by atoms with Crippen molar-refractivity contribution in [1.29, 1.82) is 0 Å². The number of imide groups is 1. The van der Waals surface area contributed by atoms with Crippen LogP contribution in [0.1, 0.15) is 41.3 Å². The normalized spacial score (nSPS) is 14.5. The number of carboxylic acid groups (broad SMARTS) is 1. The second-order valence-electron chi connectivity index (χ2n) is 8.21. The number of nitrogens with one attached hydrogen (secondary N) is 1. The van der Waals surface area contributed by atoms with Crippen LogP contribution in [0, 0.1) is 11.2 Å². The van der Waals surface area contributed by atoms with E-state index in [-0.39, 0.29) is 17.2 Å². The number of nitrogens with zero attached hydrogens (tertiary/aromatic N) is 1. The zero-order chi connectivity index (χ0) is 23.9. The average molecular weight is 449 g/mol. The van der Waals surface area contributed by atoms with Crippen LogP contribution in [-0.4, -0.2) is 28.0 Å². The number of benzene rings is 2. The molecule has 1 aliphatic heterocycles. The summed E-state index contributed by atoms with van der Waals surface area (Å²) in [4.78, 5) is 39.8. The molecule has 0 bridgehead atoms. The predicted molar refractivity (Wildman–Crippen MR) is 116 cm³/mol. The van der Waals surface area contributed by atoms with Gasteiger partial charge in [0.25, 0.3) is 0 Å². The van der Waals surface area contributed by atoms with Gasteiger partial charge in [-0.2, -0.15) is 0 Å². The van der Waals surface area contributed by atoms with Gasteiger partial charge in [-0.3, -0.25) is 10.1 Å². The summed E-state index contributed by atoms with van der Waals surface area (Å²) < 4.78 is 20.5. The molecule has 1 aromatic heterocycles. The molecule has 8 nitrogen and oxygen atoms in total. The van der Waals surface area contributed by atoms with Crippen molar-refractivity contribution < 1.29 is 28.6 Å². The SMILES string of the molecule is CC(C)(C(=O)NC(N)=O)C1c2ccc(-c3ccc(C(=O)O)cc3)nc2Oc2c(F)cccc21. The van der Waals surface area contributed by atoms with Crippen molar-refractivity contribution >= 4 is 17.9 Å². The molecular weight excluding hydrogens is 429 g/mol. The van der Waals surface area contributed by atoms with Crippen LogP contribution in [-0.2, 0) is 4.79 Å². The van der Waals surface area contributed by atoms with Crippen molar-refractivity contribution in [3.8, 4) is 22.9 Å². The summed E-state index contributed by atoms with van der Waals surface area (Å²) in [5.41, 5.74) is 6.13. The van der Waals surface area contributed by atoms with Gasteiger partial charge < -0.3 is 15.6 Å². The number of amides is 3. The summed E-state index contributed by atoms with van der Waals surface area (Å²) >= 11 is 0. The van der Waals surface area contributed by atoms with E-state index >= 15 is 0 Å². The van der Waals surface area contributed by atoms with Crippen LogP contribution >= 0.6 is 0 Å². The Balaban J connectivity index is 1.83. The zero-order valence-electron chi connectivity index (χ0n) is 17.8. The van der Waals surface area contributed by atoms with Gasteiger partial charge in [0.05, 0.1) is 16.7 Å². The molecule has 2 aromatic carbocycles. The number of hydrogen-bond donors (Lipinski definition) is 3.